The summed E-state index contributed by atoms with van der Waals surface area (Å²) >= 11 is 0. The van der Waals surface area contributed by atoms with Gasteiger partial charge in [0, 0.05) is 62.8 Å². The second-order valence-corrected chi connectivity index (χ2v) is 6.80. The van der Waals surface area contributed by atoms with Crippen molar-refractivity contribution in [1.82, 2.24) is 20.3 Å². The van der Waals surface area contributed by atoms with Crippen LogP contribution in [-0.2, 0) is 16.0 Å². The molecule has 1 fully saturated rings. The van der Waals surface area contributed by atoms with Gasteiger partial charge in [0.05, 0.1) is 6.10 Å². The van der Waals surface area contributed by atoms with Crippen LogP contribution in [0.2, 0.25) is 0 Å². The van der Waals surface area contributed by atoms with E-state index in [9.17, 15) is 4.79 Å². The van der Waals surface area contributed by atoms with Crippen LogP contribution in [0, 0.1) is 5.92 Å². The molecule has 0 bridgehead atoms. The van der Waals surface area contributed by atoms with E-state index >= 15 is 0 Å². The molecular formula is C20H27N5O2. The van der Waals surface area contributed by atoms with Crippen molar-refractivity contribution < 1.29 is 9.53 Å². The number of ether oxygens (including phenoxy) is 1. The molecule has 0 aromatic carbocycles. The summed E-state index contributed by atoms with van der Waals surface area (Å²) in [6.07, 6.45) is 8.13. The maximum Gasteiger partial charge on any atom is 0.223 e. The number of anilines is 1. The second-order valence-electron chi connectivity index (χ2n) is 6.80. The summed E-state index contributed by atoms with van der Waals surface area (Å²) in [6, 6.07) is 5.69. The summed E-state index contributed by atoms with van der Waals surface area (Å²) < 4.78 is 5.37. The minimum Gasteiger partial charge on any atom is -0.381 e. The van der Waals surface area contributed by atoms with E-state index in [-0.39, 0.29) is 11.8 Å². The molecule has 1 saturated carbocycles. The molecule has 2 N–H and O–H groups in total. The third kappa shape index (κ3) is 5.23. The van der Waals surface area contributed by atoms with Crippen LogP contribution in [0.5, 0.6) is 0 Å². The number of nitrogens with one attached hydrogen (secondary N) is 2. The maximum atomic E-state index is 12.4. The van der Waals surface area contributed by atoms with Gasteiger partial charge in [0.25, 0.3) is 0 Å². The lowest BCUT2D eigenvalue weighted by Gasteiger charge is -2.26. The van der Waals surface area contributed by atoms with Gasteiger partial charge in [0.2, 0.25) is 5.91 Å². The zero-order valence-corrected chi connectivity index (χ0v) is 15.9. The Morgan fingerprint density at radius 3 is 2.59 bits per heavy atom. The van der Waals surface area contributed by atoms with E-state index in [1.165, 1.54) is 0 Å². The van der Waals surface area contributed by atoms with E-state index in [2.05, 4.69) is 25.6 Å². The first-order valence-electron chi connectivity index (χ1n) is 9.46. The Morgan fingerprint density at radius 1 is 1.19 bits per heavy atom. The van der Waals surface area contributed by atoms with Crippen molar-refractivity contribution in [2.24, 2.45) is 5.92 Å². The van der Waals surface area contributed by atoms with Crippen molar-refractivity contribution in [1.29, 1.82) is 0 Å². The van der Waals surface area contributed by atoms with Gasteiger partial charge in [-0.25, -0.2) is 9.97 Å². The van der Waals surface area contributed by atoms with Gasteiger partial charge in [-0.05, 0) is 37.8 Å². The lowest BCUT2D eigenvalue weighted by molar-refractivity contribution is -0.126. The molecule has 0 radical (unpaired) electrons. The van der Waals surface area contributed by atoms with Gasteiger partial charge >= 0.3 is 0 Å². The normalized spacial score (nSPS) is 19.5. The molecule has 2 heterocycles. The molecule has 0 atom stereocenters. The lowest BCUT2D eigenvalue weighted by atomic mass is 9.87. The molecule has 0 saturated heterocycles. The molecule has 2 aromatic rings. The fraction of sp³-hybridized carbons (Fsp3) is 0.500. The highest BCUT2D eigenvalue weighted by Gasteiger charge is 2.25. The Kier molecular flexibility index (Phi) is 6.70. The minimum absolute atomic E-state index is 0.0991. The maximum absolute atomic E-state index is 12.4. The predicted octanol–water partition coefficient (Wildman–Crippen LogP) is 2.44. The number of aromatic nitrogens is 3. The van der Waals surface area contributed by atoms with Crippen LogP contribution in [0.1, 0.15) is 31.4 Å². The average molecular weight is 369 g/mol. The summed E-state index contributed by atoms with van der Waals surface area (Å²) in [4.78, 5) is 25.6. The zero-order chi connectivity index (χ0) is 19.1. The number of carbonyl (C=O) groups excluding carboxylic acids is 1. The molecule has 144 valence electrons. The SMILES string of the molecule is CNc1cc(CCNC(=O)C2CCC(OC)CC2)nc(-c2ccncc2)n1. The fourth-order valence-electron chi connectivity index (χ4n) is 3.40. The Hall–Kier alpha value is -2.54. The number of methoxy groups -OCH3 is 1. The molecule has 1 amide bonds. The van der Waals surface area contributed by atoms with E-state index in [1.54, 1.807) is 19.5 Å². The molecule has 0 spiro atoms. The highest BCUT2D eigenvalue weighted by Crippen LogP contribution is 2.26. The Balaban J connectivity index is 1.57. The van der Waals surface area contributed by atoms with E-state index in [0.29, 0.717) is 24.9 Å². The Bertz CT molecular complexity index is 745. The smallest absolute Gasteiger partial charge is 0.223 e. The molecular weight excluding hydrogens is 342 g/mol. The summed E-state index contributed by atoms with van der Waals surface area (Å²) in [6.45, 7) is 0.568. The largest absolute Gasteiger partial charge is 0.381 e. The lowest BCUT2D eigenvalue weighted by Crippen LogP contribution is -2.35. The van der Waals surface area contributed by atoms with Crippen molar-refractivity contribution in [2.75, 3.05) is 26.0 Å². The van der Waals surface area contributed by atoms with Gasteiger partial charge in [-0.3, -0.25) is 9.78 Å². The topological polar surface area (TPSA) is 89.0 Å². The van der Waals surface area contributed by atoms with Crippen LogP contribution in [0.3, 0.4) is 0 Å². The number of rotatable bonds is 7. The summed E-state index contributed by atoms with van der Waals surface area (Å²) in [5.74, 6) is 1.66. The molecule has 2 aromatic heterocycles. The first-order valence-corrected chi connectivity index (χ1v) is 9.46. The Morgan fingerprint density at radius 2 is 1.93 bits per heavy atom. The standard InChI is InChI=1S/C20H27N5O2/c1-21-18-13-16(24-19(25-18)14-7-10-22-11-8-14)9-12-23-20(26)15-3-5-17(27-2)6-4-15/h7-8,10-11,13,15,17H,3-6,9,12H2,1-2H3,(H,23,26)(H,21,24,25). The highest BCUT2D eigenvalue weighted by atomic mass is 16.5. The summed E-state index contributed by atoms with van der Waals surface area (Å²) in [5.41, 5.74) is 1.81. The molecule has 1 aliphatic carbocycles. The first kappa shape index (κ1) is 19.2. The van der Waals surface area contributed by atoms with Gasteiger partial charge in [-0.2, -0.15) is 0 Å². The van der Waals surface area contributed by atoms with Crippen LogP contribution in [0.25, 0.3) is 11.4 Å². The van der Waals surface area contributed by atoms with Gasteiger partial charge in [-0.15, -0.1) is 0 Å². The molecule has 27 heavy (non-hydrogen) atoms. The monoisotopic (exact) mass is 369 g/mol. The van der Waals surface area contributed by atoms with Crippen LogP contribution in [-0.4, -0.2) is 47.7 Å². The zero-order valence-electron chi connectivity index (χ0n) is 15.9. The van der Waals surface area contributed by atoms with Crippen LogP contribution in [0.15, 0.2) is 30.6 Å². The number of hydrogen-bond acceptors (Lipinski definition) is 6. The van der Waals surface area contributed by atoms with Gasteiger partial charge in [0.15, 0.2) is 5.82 Å². The van der Waals surface area contributed by atoms with Crippen molar-refractivity contribution in [2.45, 2.75) is 38.2 Å². The quantitative estimate of drug-likeness (QED) is 0.779. The van der Waals surface area contributed by atoms with E-state index in [1.807, 2.05) is 25.2 Å². The molecule has 3 rings (SSSR count). The molecule has 0 aliphatic heterocycles. The number of hydrogen-bond donors (Lipinski definition) is 2. The van der Waals surface area contributed by atoms with Gasteiger partial charge in [-0.1, -0.05) is 0 Å². The van der Waals surface area contributed by atoms with E-state index in [0.717, 1.165) is 42.8 Å². The minimum atomic E-state index is 0.0991. The second kappa shape index (κ2) is 9.41. The van der Waals surface area contributed by atoms with E-state index < -0.39 is 0 Å². The summed E-state index contributed by atoms with van der Waals surface area (Å²) in [7, 11) is 3.58. The summed E-state index contributed by atoms with van der Waals surface area (Å²) in [5, 5.41) is 6.13. The van der Waals surface area contributed by atoms with Crippen LogP contribution >= 0.6 is 0 Å². The van der Waals surface area contributed by atoms with Crippen LogP contribution < -0.4 is 10.6 Å². The number of carbonyl (C=O) groups is 1. The highest BCUT2D eigenvalue weighted by molar-refractivity contribution is 5.78. The van der Waals surface area contributed by atoms with Gasteiger partial charge in [0.1, 0.15) is 5.82 Å². The number of pyridine rings is 1. The third-order valence-corrected chi connectivity index (χ3v) is 5.03. The van der Waals surface area contributed by atoms with Crippen molar-refractivity contribution >= 4 is 11.7 Å². The fourth-order valence-corrected chi connectivity index (χ4v) is 3.40. The molecule has 1 aliphatic rings. The predicted molar refractivity (Wildman–Crippen MR) is 104 cm³/mol. The average Bonchev–Trinajstić information content (AvgIpc) is 2.74. The number of nitrogens with zero attached hydrogens (tertiary/aromatic N) is 3. The van der Waals surface area contributed by atoms with Gasteiger partial charge < -0.3 is 15.4 Å². The van der Waals surface area contributed by atoms with Crippen molar-refractivity contribution in [3.05, 3.63) is 36.3 Å². The van der Waals surface area contributed by atoms with Crippen molar-refractivity contribution in [3.8, 4) is 11.4 Å². The van der Waals surface area contributed by atoms with Crippen LogP contribution in [0.4, 0.5) is 5.82 Å². The first-order chi connectivity index (χ1) is 13.2. The number of amides is 1. The molecule has 7 heteroatoms. The molecule has 0 unspecified atom stereocenters. The Labute approximate surface area is 160 Å². The third-order valence-electron chi connectivity index (χ3n) is 5.03. The van der Waals surface area contributed by atoms with Crippen molar-refractivity contribution in [3.63, 3.8) is 0 Å². The van der Waals surface area contributed by atoms with E-state index in [4.69, 9.17) is 4.74 Å². The molecule has 7 nitrogen and oxygen atoms in total.